The first-order chi connectivity index (χ1) is 10.1. The van der Waals surface area contributed by atoms with Gasteiger partial charge in [-0.05, 0) is 18.1 Å². The van der Waals surface area contributed by atoms with Crippen molar-refractivity contribution >= 4 is 12.0 Å². The number of carbonyl (C=O) groups is 2. The molecule has 0 N–H and O–H groups in total. The molecule has 2 amide bonds. The second-order valence-corrected chi connectivity index (χ2v) is 4.96. The van der Waals surface area contributed by atoms with Crippen molar-refractivity contribution in [3.05, 3.63) is 35.6 Å². The van der Waals surface area contributed by atoms with Crippen molar-refractivity contribution in [3.63, 3.8) is 0 Å². The maximum atomic E-state index is 13.6. The average molecular weight is 294 g/mol. The lowest BCUT2D eigenvalue weighted by molar-refractivity contribution is -0.130. The SMILES string of the molecule is COC(=O)N1CCCN(C(=O)Cc2ccccc2F)CC1. The molecular formula is C15H19FN2O3. The molecule has 114 valence electrons. The van der Waals surface area contributed by atoms with Gasteiger partial charge >= 0.3 is 6.09 Å². The molecule has 1 aliphatic heterocycles. The first-order valence-corrected chi connectivity index (χ1v) is 6.96. The van der Waals surface area contributed by atoms with Crippen LogP contribution in [0.2, 0.25) is 0 Å². The Morgan fingerprint density at radius 1 is 1.14 bits per heavy atom. The number of ether oxygens (including phenoxy) is 1. The predicted molar refractivity (Wildman–Crippen MR) is 75.3 cm³/mol. The quantitative estimate of drug-likeness (QED) is 0.833. The topological polar surface area (TPSA) is 49.9 Å². The van der Waals surface area contributed by atoms with Crippen LogP contribution < -0.4 is 0 Å². The van der Waals surface area contributed by atoms with Crippen LogP contribution in [0.3, 0.4) is 0 Å². The smallest absolute Gasteiger partial charge is 0.409 e. The van der Waals surface area contributed by atoms with Gasteiger partial charge in [-0.3, -0.25) is 4.79 Å². The van der Waals surface area contributed by atoms with Crippen molar-refractivity contribution in [2.24, 2.45) is 0 Å². The lowest BCUT2D eigenvalue weighted by Gasteiger charge is -2.21. The number of hydrogen-bond acceptors (Lipinski definition) is 3. The summed E-state index contributed by atoms with van der Waals surface area (Å²) in [6.07, 6.45) is 0.363. The maximum Gasteiger partial charge on any atom is 0.409 e. The van der Waals surface area contributed by atoms with E-state index in [0.717, 1.165) is 0 Å². The van der Waals surface area contributed by atoms with E-state index >= 15 is 0 Å². The van der Waals surface area contributed by atoms with E-state index in [1.54, 1.807) is 28.0 Å². The number of carbonyl (C=O) groups excluding carboxylic acids is 2. The van der Waals surface area contributed by atoms with Gasteiger partial charge in [-0.15, -0.1) is 0 Å². The van der Waals surface area contributed by atoms with Gasteiger partial charge in [0.05, 0.1) is 13.5 Å². The molecule has 0 aromatic heterocycles. The van der Waals surface area contributed by atoms with Crippen LogP contribution in [0.25, 0.3) is 0 Å². The van der Waals surface area contributed by atoms with E-state index in [4.69, 9.17) is 0 Å². The van der Waals surface area contributed by atoms with Gasteiger partial charge in [0.15, 0.2) is 0 Å². The van der Waals surface area contributed by atoms with Gasteiger partial charge in [-0.25, -0.2) is 9.18 Å². The van der Waals surface area contributed by atoms with Crippen LogP contribution in [0.15, 0.2) is 24.3 Å². The highest BCUT2D eigenvalue weighted by molar-refractivity contribution is 5.79. The molecule has 0 unspecified atom stereocenters. The molecule has 1 aliphatic rings. The number of halogens is 1. The molecule has 0 radical (unpaired) electrons. The molecule has 2 rings (SSSR count). The van der Waals surface area contributed by atoms with Gasteiger partial charge in [0.2, 0.25) is 5.91 Å². The van der Waals surface area contributed by atoms with E-state index in [0.29, 0.717) is 38.2 Å². The summed E-state index contributed by atoms with van der Waals surface area (Å²) in [6.45, 7) is 2.02. The van der Waals surface area contributed by atoms with Crippen molar-refractivity contribution in [1.29, 1.82) is 0 Å². The van der Waals surface area contributed by atoms with E-state index in [1.807, 2.05) is 0 Å². The fourth-order valence-electron chi connectivity index (χ4n) is 2.40. The first kappa shape index (κ1) is 15.3. The summed E-state index contributed by atoms with van der Waals surface area (Å²) in [6, 6.07) is 6.28. The Labute approximate surface area is 123 Å². The summed E-state index contributed by atoms with van der Waals surface area (Å²) < 4.78 is 18.3. The van der Waals surface area contributed by atoms with Crippen LogP contribution in [-0.4, -0.2) is 55.1 Å². The molecule has 21 heavy (non-hydrogen) atoms. The Hall–Kier alpha value is -2.11. The highest BCUT2D eigenvalue weighted by atomic mass is 19.1. The molecule has 0 spiro atoms. The molecule has 0 aliphatic carbocycles. The zero-order valence-corrected chi connectivity index (χ0v) is 12.0. The zero-order chi connectivity index (χ0) is 15.2. The Morgan fingerprint density at radius 2 is 1.81 bits per heavy atom. The van der Waals surface area contributed by atoms with Crippen molar-refractivity contribution in [1.82, 2.24) is 9.80 Å². The largest absolute Gasteiger partial charge is 0.453 e. The minimum atomic E-state index is -0.376. The van der Waals surface area contributed by atoms with Gasteiger partial charge in [-0.2, -0.15) is 0 Å². The summed E-state index contributed by atoms with van der Waals surface area (Å²) in [5.41, 5.74) is 0.400. The van der Waals surface area contributed by atoms with E-state index in [9.17, 15) is 14.0 Å². The molecule has 0 saturated carbocycles. The van der Waals surface area contributed by atoms with Crippen molar-refractivity contribution in [2.75, 3.05) is 33.3 Å². The van der Waals surface area contributed by atoms with Gasteiger partial charge in [0.1, 0.15) is 5.82 Å². The van der Waals surface area contributed by atoms with E-state index in [-0.39, 0.29) is 24.2 Å². The van der Waals surface area contributed by atoms with Crippen LogP contribution in [0, 0.1) is 5.82 Å². The lowest BCUT2D eigenvalue weighted by atomic mass is 10.1. The summed E-state index contributed by atoms with van der Waals surface area (Å²) in [5.74, 6) is -0.483. The maximum absolute atomic E-state index is 13.6. The van der Waals surface area contributed by atoms with E-state index in [2.05, 4.69) is 4.74 Å². The predicted octanol–water partition coefficient (Wildman–Crippen LogP) is 1.67. The third-order valence-corrected chi connectivity index (χ3v) is 3.58. The number of amides is 2. The molecule has 1 fully saturated rings. The number of rotatable bonds is 2. The summed E-state index contributed by atoms with van der Waals surface area (Å²) in [7, 11) is 1.34. The van der Waals surface area contributed by atoms with Crippen LogP contribution in [-0.2, 0) is 16.0 Å². The Bertz CT molecular complexity index is 521. The number of benzene rings is 1. The zero-order valence-electron chi connectivity index (χ0n) is 12.0. The summed E-state index contributed by atoms with van der Waals surface area (Å²) in [5, 5.41) is 0. The Balaban J connectivity index is 1.94. The third-order valence-electron chi connectivity index (χ3n) is 3.58. The van der Waals surface area contributed by atoms with Crippen LogP contribution in [0.1, 0.15) is 12.0 Å². The highest BCUT2D eigenvalue weighted by Crippen LogP contribution is 2.11. The average Bonchev–Trinajstić information content (AvgIpc) is 2.75. The van der Waals surface area contributed by atoms with Gasteiger partial charge < -0.3 is 14.5 Å². The molecule has 1 heterocycles. The summed E-state index contributed by atoms with van der Waals surface area (Å²) in [4.78, 5) is 27.0. The van der Waals surface area contributed by atoms with Crippen LogP contribution >= 0.6 is 0 Å². The van der Waals surface area contributed by atoms with Crippen molar-refractivity contribution in [3.8, 4) is 0 Å². The van der Waals surface area contributed by atoms with Crippen molar-refractivity contribution < 1.29 is 18.7 Å². The van der Waals surface area contributed by atoms with E-state index < -0.39 is 0 Å². The molecule has 1 aromatic carbocycles. The molecule has 0 atom stereocenters. The molecule has 6 heteroatoms. The second kappa shape index (κ2) is 7.06. The van der Waals surface area contributed by atoms with Crippen LogP contribution in [0.5, 0.6) is 0 Å². The Morgan fingerprint density at radius 3 is 2.52 bits per heavy atom. The molecule has 0 bridgehead atoms. The standard InChI is InChI=1S/C15H19FN2O3/c1-21-15(20)18-8-4-7-17(9-10-18)14(19)11-12-5-2-3-6-13(12)16/h2-3,5-6H,4,7-11H2,1H3. The fourth-order valence-corrected chi connectivity index (χ4v) is 2.40. The van der Waals surface area contributed by atoms with Gasteiger partial charge in [0.25, 0.3) is 0 Å². The first-order valence-electron chi connectivity index (χ1n) is 6.96. The highest BCUT2D eigenvalue weighted by Gasteiger charge is 2.22. The monoisotopic (exact) mass is 294 g/mol. The van der Waals surface area contributed by atoms with Crippen LogP contribution in [0.4, 0.5) is 9.18 Å². The normalized spacial score (nSPS) is 15.5. The minimum absolute atomic E-state index is 0.0465. The second-order valence-electron chi connectivity index (χ2n) is 4.96. The number of hydrogen-bond donors (Lipinski definition) is 0. The lowest BCUT2D eigenvalue weighted by Crippen LogP contribution is -2.38. The van der Waals surface area contributed by atoms with E-state index in [1.165, 1.54) is 13.2 Å². The molecule has 5 nitrogen and oxygen atoms in total. The number of methoxy groups -OCH3 is 1. The summed E-state index contributed by atoms with van der Waals surface area (Å²) >= 11 is 0. The molecule has 1 saturated heterocycles. The third kappa shape index (κ3) is 3.93. The van der Waals surface area contributed by atoms with Gasteiger partial charge in [0, 0.05) is 26.2 Å². The molecule has 1 aromatic rings. The minimum Gasteiger partial charge on any atom is -0.453 e. The number of nitrogens with zero attached hydrogens (tertiary/aromatic N) is 2. The molecular weight excluding hydrogens is 275 g/mol. The Kier molecular flexibility index (Phi) is 5.14. The fraction of sp³-hybridized carbons (Fsp3) is 0.467. The van der Waals surface area contributed by atoms with Gasteiger partial charge in [-0.1, -0.05) is 18.2 Å². The van der Waals surface area contributed by atoms with Crippen molar-refractivity contribution in [2.45, 2.75) is 12.8 Å².